The zero-order valence-electron chi connectivity index (χ0n) is 10.4. The van der Waals surface area contributed by atoms with E-state index >= 15 is 0 Å². The van der Waals surface area contributed by atoms with Crippen LogP contribution in [0.25, 0.3) is 11.3 Å². The molecule has 94 valence electrons. The Morgan fingerprint density at radius 1 is 1.11 bits per heavy atom. The number of anilines is 1. The molecule has 0 unspecified atom stereocenters. The maximum absolute atomic E-state index is 5.13. The van der Waals surface area contributed by atoms with Gasteiger partial charge in [0.05, 0.1) is 12.5 Å². The Morgan fingerprint density at radius 3 is 2.61 bits per heavy atom. The molecule has 1 saturated heterocycles. The van der Waals surface area contributed by atoms with Crippen LogP contribution in [0.5, 0.6) is 0 Å². The molecule has 1 fully saturated rings. The molecule has 2 aromatic rings. The SMILES string of the molecule is CN1CCN(c2nccnc2-c2ccoc2)CC1. The highest BCUT2D eigenvalue weighted by Crippen LogP contribution is 2.27. The molecule has 3 rings (SSSR count). The van der Waals surface area contributed by atoms with E-state index in [4.69, 9.17) is 4.42 Å². The number of hydrogen-bond acceptors (Lipinski definition) is 5. The van der Waals surface area contributed by atoms with Crippen molar-refractivity contribution in [1.82, 2.24) is 14.9 Å². The molecule has 0 saturated carbocycles. The van der Waals surface area contributed by atoms with Crippen LogP contribution in [0.3, 0.4) is 0 Å². The second-order valence-corrected chi connectivity index (χ2v) is 4.53. The molecule has 0 atom stereocenters. The van der Waals surface area contributed by atoms with Crippen LogP contribution in [-0.2, 0) is 0 Å². The van der Waals surface area contributed by atoms with Crippen molar-refractivity contribution in [2.45, 2.75) is 0 Å². The Bertz CT molecular complexity index is 503. The number of aromatic nitrogens is 2. The maximum Gasteiger partial charge on any atom is 0.155 e. The summed E-state index contributed by atoms with van der Waals surface area (Å²) in [6.45, 7) is 4.09. The normalized spacial score (nSPS) is 17.1. The van der Waals surface area contributed by atoms with Gasteiger partial charge in [0.15, 0.2) is 5.82 Å². The van der Waals surface area contributed by atoms with Gasteiger partial charge in [0.2, 0.25) is 0 Å². The molecule has 0 N–H and O–H groups in total. The van der Waals surface area contributed by atoms with Crippen molar-refractivity contribution in [3.8, 4) is 11.3 Å². The molecule has 2 aromatic heterocycles. The van der Waals surface area contributed by atoms with Gasteiger partial charge in [0.1, 0.15) is 5.69 Å². The van der Waals surface area contributed by atoms with Gasteiger partial charge in [-0.1, -0.05) is 0 Å². The van der Waals surface area contributed by atoms with Gasteiger partial charge in [-0.3, -0.25) is 4.98 Å². The van der Waals surface area contributed by atoms with E-state index in [2.05, 4.69) is 26.8 Å². The largest absolute Gasteiger partial charge is 0.472 e. The fourth-order valence-corrected chi connectivity index (χ4v) is 2.18. The summed E-state index contributed by atoms with van der Waals surface area (Å²) in [4.78, 5) is 13.5. The van der Waals surface area contributed by atoms with Crippen LogP contribution in [0, 0.1) is 0 Å². The zero-order chi connectivity index (χ0) is 12.4. The highest BCUT2D eigenvalue weighted by Gasteiger charge is 2.19. The summed E-state index contributed by atoms with van der Waals surface area (Å²) in [5, 5.41) is 0. The molecular formula is C13H16N4O. The van der Waals surface area contributed by atoms with Crippen LogP contribution in [0.4, 0.5) is 5.82 Å². The van der Waals surface area contributed by atoms with E-state index < -0.39 is 0 Å². The van der Waals surface area contributed by atoms with E-state index in [1.54, 1.807) is 24.9 Å². The summed E-state index contributed by atoms with van der Waals surface area (Å²) in [5.74, 6) is 0.951. The highest BCUT2D eigenvalue weighted by molar-refractivity contribution is 5.71. The van der Waals surface area contributed by atoms with Crippen LogP contribution in [0.2, 0.25) is 0 Å². The van der Waals surface area contributed by atoms with Gasteiger partial charge in [0, 0.05) is 44.1 Å². The van der Waals surface area contributed by atoms with E-state index in [1.807, 2.05) is 6.07 Å². The van der Waals surface area contributed by atoms with Crippen molar-refractivity contribution in [1.29, 1.82) is 0 Å². The lowest BCUT2D eigenvalue weighted by atomic mass is 10.2. The number of furan rings is 1. The summed E-state index contributed by atoms with van der Waals surface area (Å²) in [5.41, 5.74) is 1.88. The first-order chi connectivity index (χ1) is 8.84. The molecule has 0 bridgehead atoms. The molecule has 0 amide bonds. The van der Waals surface area contributed by atoms with Crippen molar-refractivity contribution in [2.24, 2.45) is 0 Å². The summed E-state index contributed by atoms with van der Waals surface area (Å²) < 4.78 is 5.13. The molecule has 0 spiro atoms. The molecule has 0 aromatic carbocycles. The van der Waals surface area contributed by atoms with E-state index in [0.717, 1.165) is 43.3 Å². The first-order valence-electron chi connectivity index (χ1n) is 6.11. The van der Waals surface area contributed by atoms with E-state index in [1.165, 1.54) is 0 Å². The first kappa shape index (κ1) is 11.2. The Labute approximate surface area is 106 Å². The molecule has 1 aliphatic rings. The molecule has 5 nitrogen and oxygen atoms in total. The van der Waals surface area contributed by atoms with Crippen LogP contribution in [0.1, 0.15) is 0 Å². The van der Waals surface area contributed by atoms with E-state index in [9.17, 15) is 0 Å². The minimum Gasteiger partial charge on any atom is -0.472 e. The topological polar surface area (TPSA) is 45.4 Å². The molecule has 0 aliphatic carbocycles. The molecule has 5 heteroatoms. The summed E-state index contributed by atoms with van der Waals surface area (Å²) in [6.07, 6.45) is 6.85. The quantitative estimate of drug-likeness (QED) is 0.801. The van der Waals surface area contributed by atoms with Gasteiger partial charge in [-0.15, -0.1) is 0 Å². The van der Waals surface area contributed by atoms with Crippen LogP contribution in [-0.4, -0.2) is 48.1 Å². The number of piperazine rings is 1. The standard InChI is InChI=1S/C13H16N4O/c1-16-5-7-17(8-6-16)13-12(14-3-4-15-13)11-2-9-18-10-11/h2-4,9-10H,5-8H2,1H3. The van der Waals surface area contributed by atoms with Gasteiger partial charge in [-0.25, -0.2) is 4.98 Å². The van der Waals surface area contributed by atoms with Crippen molar-refractivity contribution in [2.75, 3.05) is 38.1 Å². The Morgan fingerprint density at radius 2 is 1.89 bits per heavy atom. The average Bonchev–Trinajstić information content (AvgIpc) is 2.93. The first-order valence-corrected chi connectivity index (χ1v) is 6.11. The second kappa shape index (κ2) is 4.78. The van der Waals surface area contributed by atoms with Crippen LogP contribution >= 0.6 is 0 Å². The van der Waals surface area contributed by atoms with Gasteiger partial charge >= 0.3 is 0 Å². The predicted octanol–water partition coefficient (Wildman–Crippen LogP) is 1.49. The van der Waals surface area contributed by atoms with Crippen molar-refractivity contribution in [3.05, 3.63) is 31.0 Å². The van der Waals surface area contributed by atoms with Crippen LogP contribution in [0.15, 0.2) is 35.4 Å². The lowest BCUT2D eigenvalue weighted by Crippen LogP contribution is -2.45. The van der Waals surface area contributed by atoms with Crippen molar-refractivity contribution >= 4 is 5.82 Å². The number of rotatable bonds is 2. The van der Waals surface area contributed by atoms with Crippen molar-refractivity contribution in [3.63, 3.8) is 0 Å². The Kier molecular flexibility index (Phi) is 2.98. The lowest BCUT2D eigenvalue weighted by molar-refractivity contribution is 0.312. The predicted molar refractivity (Wildman–Crippen MR) is 69.4 cm³/mol. The van der Waals surface area contributed by atoms with E-state index in [-0.39, 0.29) is 0 Å². The van der Waals surface area contributed by atoms with Gasteiger partial charge in [-0.2, -0.15) is 0 Å². The summed E-state index contributed by atoms with van der Waals surface area (Å²) in [7, 11) is 2.14. The molecule has 1 aliphatic heterocycles. The molecule has 18 heavy (non-hydrogen) atoms. The molecule has 3 heterocycles. The molecule has 0 radical (unpaired) electrons. The second-order valence-electron chi connectivity index (χ2n) is 4.53. The Balaban J connectivity index is 1.92. The average molecular weight is 244 g/mol. The number of hydrogen-bond donors (Lipinski definition) is 0. The Hall–Kier alpha value is -1.88. The van der Waals surface area contributed by atoms with E-state index in [0.29, 0.717) is 0 Å². The summed E-state index contributed by atoms with van der Waals surface area (Å²) >= 11 is 0. The maximum atomic E-state index is 5.13. The summed E-state index contributed by atoms with van der Waals surface area (Å²) in [6, 6.07) is 1.92. The molecular weight excluding hydrogens is 228 g/mol. The fourth-order valence-electron chi connectivity index (χ4n) is 2.18. The third-order valence-electron chi connectivity index (χ3n) is 3.28. The highest BCUT2D eigenvalue weighted by atomic mass is 16.3. The fraction of sp³-hybridized carbons (Fsp3) is 0.385. The number of likely N-dealkylation sites (N-methyl/N-ethyl adjacent to an activating group) is 1. The van der Waals surface area contributed by atoms with Gasteiger partial charge in [0.25, 0.3) is 0 Å². The number of nitrogens with zero attached hydrogens (tertiary/aromatic N) is 4. The minimum atomic E-state index is 0.899. The van der Waals surface area contributed by atoms with Crippen LogP contribution < -0.4 is 4.90 Å². The minimum absolute atomic E-state index is 0.899. The third-order valence-corrected chi connectivity index (χ3v) is 3.28. The lowest BCUT2D eigenvalue weighted by Gasteiger charge is -2.33. The smallest absolute Gasteiger partial charge is 0.155 e. The van der Waals surface area contributed by atoms with Gasteiger partial charge < -0.3 is 14.2 Å². The zero-order valence-corrected chi connectivity index (χ0v) is 10.4. The van der Waals surface area contributed by atoms with Gasteiger partial charge in [-0.05, 0) is 13.1 Å². The third kappa shape index (κ3) is 2.09. The van der Waals surface area contributed by atoms with Crippen molar-refractivity contribution < 1.29 is 4.42 Å². The monoisotopic (exact) mass is 244 g/mol.